The second-order valence-electron chi connectivity index (χ2n) is 6.24. The molecule has 0 radical (unpaired) electrons. The highest BCUT2D eigenvalue weighted by molar-refractivity contribution is 7.92. The molecule has 148 valence electrons. The highest BCUT2D eigenvalue weighted by Crippen LogP contribution is 2.23. The van der Waals surface area contributed by atoms with Crippen LogP contribution in [-0.2, 0) is 14.8 Å². The first kappa shape index (κ1) is 20.2. The van der Waals surface area contributed by atoms with Gasteiger partial charge < -0.3 is 0 Å². The van der Waals surface area contributed by atoms with E-state index in [1.54, 1.807) is 67.0 Å². The summed E-state index contributed by atoms with van der Waals surface area (Å²) in [5, 5.41) is 3.87. The van der Waals surface area contributed by atoms with E-state index in [2.05, 4.69) is 15.5 Å². The van der Waals surface area contributed by atoms with Crippen LogP contribution < -0.4 is 9.73 Å². The number of aromatic nitrogens is 1. The van der Waals surface area contributed by atoms with Gasteiger partial charge in [-0.05, 0) is 37.3 Å². The molecule has 7 nitrogen and oxygen atoms in total. The number of pyridine rings is 1. The average molecular weight is 408 g/mol. The number of hydrazone groups is 1. The number of carbonyl (C=O) groups excluding carboxylic acids is 1. The van der Waals surface area contributed by atoms with Crippen LogP contribution in [0.15, 0.2) is 89.1 Å². The van der Waals surface area contributed by atoms with Gasteiger partial charge in [0.1, 0.15) is 6.54 Å². The number of anilines is 1. The van der Waals surface area contributed by atoms with Crippen LogP contribution in [0.2, 0.25) is 0 Å². The summed E-state index contributed by atoms with van der Waals surface area (Å²) in [4.78, 5) is 16.5. The first-order valence-corrected chi connectivity index (χ1v) is 10.3. The third kappa shape index (κ3) is 5.26. The van der Waals surface area contributed by atoms with Gasteiger partial charge in [0.15, 0.2) is 0 Å². The molecule has 1 aromatic heterocycles. The molecule has 0 aliphatic heterocycles. The molecule has 0 bridgehead atoms. The number of hydrogen-bond donors (Lipinski definition) is 1. The van der Waals surface area contributed by atoms with Gasteiger partial charge in [0, 0.05) is 18.0 Å². The van der Waals surface area contributed by atoms with Crippen molar-refractivity contribution in [1.29, 1.82) is 0 Å². The normalized spacial score (nSPS) is 11.3. The topological polar surface area (TPSA) is 91.7 Å². The standard InChI is InChI=1S/C21H20N4O3S/c1-17-9-11-20(12-10-17)29(27,28)25(19-7-3-2-4-8-19)16-21(26)24-23-15-18-6-5-13-22-14-18/h2-15H,16H2,1H3,(H,24,26)/b23-15+. The predicted octanol–water partition coefficient (Wildman–Crippen LogP) is 2.74. The van der Waals surface area contributed by atoms with Crippen LogP contribution in [0.25, 0.3) is 0 Å². The Morgan fingerprint density at radius 2 is 1.79 bits per heavy atom. The maximum absolute atomic E-state index is 13.2. The molecular weight excluding hydrogens is 388 g/mol. The molecular formula is C21H20N4O3S. The van der Waals surface area contributed by atoms with Crippen molar-refractivity contribution in [1.82, 2.24) is 10.4 Å². The Bertz CT molecular complexity index is 1080. The Morgan fingerprint density at radius 1 is 1.07 bits per heavy atom. The number of sulfonamides is 1. The Morgan fingerprint density at radius 3 is 2.45 bits per heavy atom. The van der Waals surface area contributed by atoms with Crippen molar-refractivity contribution in [2.75, 3.05) is 10.8 Å². The van der Waals surface area contributed by atoms with E-state index in [0.29, 0.717) is 11.3 Å². The van der Waals surface area contributed by atoms with Gasteiger partial charge in [0.2, 0.25) is 0 Å². The lowest BCUT2D eigenvalue weighted by Gasteiger charge is -2.23. The third-order valence-corrected chi connectivity index (χ3v) is 5.82. The van der Waals surface area contributed by atoms with Crippen LogP contribution in [0.4, 0.5) is 5.69 Å². The molecule has 8 heteroatoms. The molecule has 0 spiro atoms. The van der Waals surface area contributed by atoms with E-state index in [1.165, 1.54) is 18.3 Å². The minimum atomic E-state index is -3.93. The van der Waals surface area contributed by atoms with E-state index >= 15 is 0 Å². The van der Waals surface area contributed by atoms with Gasteiger partial charge in [0.05, 0.1) is 16.8 Å². The highest BCUT2D eigenvalue weighted by Gasteiger charge is 2.27. The van der Waals surface area contributed by atoms with Crippen molar-refractivity contribution in [3.63, 3.8) is 0 Å². The Kier molecular flexibility index (Phi) is 6.36. The van der Waals surface area contributed by atoms with Gasteiger partial charge in [-0.2, -0.15) is 5.10 Å². The van der Waals surface area contributed by atoms with Crippen molar-refractivity contribution in [3.8, 4) is 0 Å². The summed E-state index contributed by atoms with van der Waals surface area (Å²) in [6, 6.07) is 18.5. The summed E-state index contributed by atoms with van der Waals surface area (Å²) in [7, 11) is -3.93. The molecule has 2 aromatic carbocycles. The van der Waals surface area contributed by atoms with Gasteiger partial charge in [-0.3, -0.25) is 14.1 Å². The van der Waals surface area contributed by atoms with E-state index < -0.39 is 22.5 Å². The van der Waals surface area contributed by atoms with Crippen LogP contribution in [0.3, 0.4) is 0 Å². The lowest BCUT2D eigenvalue weighted by molar-refractivity contribution is -0.119. The molecule has 1 heterocycles. The van der Waals surface area contributed by atoms with E-state index in [4.69, 9.17) is 0 Å². The number of hydrogen-bond acceptors (Lipinski definition) is 5. The van der Waals surface area contributed by atoms with Gasteiger partial charge in [0.25, 0.3) is 15.9 Å². The number of nitrogens with zero attached hydrogens (tertiary/aromatic N) is 3. The fraction of sp³-hybridized carbons (Fsp3) is 0.0952. The monoisotopic (exact) mass is 408 g/mol. The molecule has 3 aromatic rings. The minimum Gasteiger partial charge on any atom is -0.271 e. The summed E-state index contributed by atoms with van der Waals surface area (Å²) in [5.41, 5.74) is 4.40. The fourth-order valence-electron chi connectivity index (χ4n) is 2.54. The fourth-order valence-corrected chi connectivity index (χ4v) is 3.96. The molecule has 0 saturated heterocycles. The van der Waals surface area contributed by atoms with Crippen molar-refractivity contribution < 1.29 is 13.2 Å². The summed E-state index contributed by atoms with van der Waals surface area (Å²) >= 11 is 0. The lowest BCUT2D eigenvalue weighted by atomic mass is 10.2. The SMILES string of the molecule is Cc1ccc(S(=O)(=O)N(CC(=O)N/N=C/c2cccnc2)c2ccccc2)cc1. The van der Waals surface area contributed by atoms with Crippen LogP contribution in [0.5, 0.6) is 0 Å². The largest absolute Gasteiger partial charge is 0.271 e. The Labute approximate surface area is 169 Å². The van der Waals surface area contributed by atoms with Crippen molar-refractivity contribution in [3.05, 3.63) is 90.3 Å². The van der Waals surface area contributed by atoms with E-state index in [9.17, 15) is 13.2 Å². The van der Waals surface area contributed by atoms with Gasteiger partial charge in [-0.15, -0.1) is 0 Å². The van der Waals surface area contributed by atoms with Gasteiger partial charge in [-0.25, -0.2) is 13.8 Å². The van der Waals surface area contributed by atoms with Crippen molar-refractivity contribution in [2.24, 2.45) is 5.10 Å². The molecule has 0 atom stereocenters. The average Bonchev–Trinajstić information content (AvgIpc) is 2.73. The van der Waals surface area contributed by atoms with E-state index in [0.717, 1.165) is 9.87 Å². The second-order valence-corrected chi connectivity index (χ2v) is 8.10. The zero-order valence-corrected chi connectivity index (χ0v) is 16.6. The smallest absolute Gasteiger partial charge is 0.264 e. The number of amides is 1. The first-order valence-electron chi connectivity index (χ1n) is 8.83. The Hall–Kier alpha value is -3.52. The highest BCUT2D eigenvalue weighted by atomic mass is 32.2. The van der Waals surface area contributed by atoms with Crippen LogP contribution in [0.1, 0.15) is 11.1 Å². The molecule has 1 amide bonds. The van der Waals surface area contributed by atoms with Crippen LogP contribution in [-0.4, -0.2) is 32.1 Å². The second kappa shape index (κ2) is 9.11. The number of para-hydroxylation sites is 1. The van der Waals surface area contributed by atoms with E-state index in [-0.39, 0.29) is 4.90 Å². The molecule has 0 fully saturated rings. The number of benzene rings is 2. The van der Waals surface area contributed by atoms with Gasteiger partial charge >= 0.3 is 0 Å². The van der Waals surface area contributed by atoms with E-state index in [1.807, 2.05) is 6.92 Å². The maximum atomic E-state index is 13.2. The van der Waals surface area contributed by atoms with Crippen molar-refractivity contribution >= 4 is 27.8 Å². The minimum absolute atomic E-state index is 0.110. The predicted molar refractivity (Wildman–Crippen MR) is 112 cm³/mol. The number of carbonyl (C=O) groups is 1. The zero-order valence-electron chi connectivity index (χ0n) is 15.8. The summed E-state index contributed by atoms with van der Waals surface area (Å²) in [5.74, 6) is -0.565. The van der Waals surface area contributed by atoms with Gasteiger partial charge in [-0.1, -0.05) is 42.0 Å². The molecule has 0 saturated carbocycles. The lowest BCUT2D eigenvalue weighted by Crippen LogP contribution is -2.39. The van der Waals surface area contributed by atoms with Crippen LogP contribution >= 0.6 is 0 Å². The maximum Gasteiger partial charge on any atom is 0.264 e. The molecule has 0 unspecified atom stereocenters. The molecule has 0 aliphatic carbocycles. The molecule has 3 rings (SSSR count). The summed E-state index contributed by atoms with van der Waals surface area (Å²) in [6.45, 7) is 1.46. The molecule has 0 aliphatic rings. The molecule has 29 heavy (non-hydrogen) atoms. The third-order valence-electron chi connectivity index (χ3n) is 4.03. The quantitative estimate of drug-likeness (QED) is 0.481. The first-order chi connectivity index (χ1) is 14.0. The van der Waals surface area contributed by atoms with Crippen molar-refractivity contribution in [2.45, 2.75) is 11.8 Å². The summed E-state index contributed by atoms with van der Waals surface area (Å²) in [6.07, 6.45) is 4.66. The summed E-state index contributed by atoms with van der Waals surface area (Å²) < 4.78 is 27.4. The Balaban J connectivity index is 1.82. The number of aryl methyl sites for hydroxylation is 1. The van der Waals surface area contributed by atoms with Crippen LogP contribution in [0, 0.1) is 6.92 Å². The number of nitrogens with one attached hydrogen (secondary N) is 1. The zero-order chi connectivity index (χ0) is 20.7. The number of rotatable bonds is 7. The molecule has 1 N–H and O–H groups in total.